The Morgan fingerprint density at radius 1 is 1.21 bits per heavy atom. The quantitative estimate of drug-likeness (QED) is 0.378. The van der Waals surface area contributed by atoms with E-state index in [1.807, 2.05) is 0 Å². The molecule has 5 aromatic rings. The van der Waals surface area contributed by atoms with Crippen LogP contribution in [0.4, 0.5) is 0 Å². The minimum Gasteiger partial charge on any atom is -0.503 e. The molecule has 0 amide bonds. The molecule has 0 aliphatic carbocycles. The number of carbonyl (C=O) groups is 1. The smallest absolute Gasteiger partial charge is 0.240 e. The average Bonchev–Trinajstić information content (AvgIpc) is 3.49. The maximum Gasteiger partial charge on any atom is 0.240 e. The summed E-state index contributed by atoms with van der Waals surface area (Å²) in [6.45, 7) is 1.79. The van der Waals surface area contributed by atoms with Crippen LogP contribution in [0.5, 0.6) is 11.6 Å². The van der Waals surface area contributed by atoms with Crippen LogP contribution in [-0.4, -0.2) is 30.5 Å². The van der Waals surface area contributed by atoms with Crippen LogP contribution in [0.25, 0.3) is 28.2 Å². The fourth-order valence-corrected chi connectivity index (χ4v) is 4.07. The van der Waals surface area contributed by atoms with Crippen molar-refractivity contribution in [2.75, 3.05) is 0 Å². The maximum atomic E-state index is 13.2. The number of nitrogens with zero attached hydrogens (tertiary/aromatic N) is 2. The molecule has 0 saturated heterocycles. The van der Waals surface area contributed by atoms with Gasteiger partial charge in [0.25, 0.3) is 0 Å². The first-order valence-electron chi connectivity index (χ1n) is 8.79. The fourth-order valence-electron chi connectivity index (χ4n) is 3.40. The van der Waals surface area contributed by atoms with Crippen LogP contribution in [-0.2, 0) is 0 Å². The van der Waals surface area contributed by atoms with Crippen LogP contribution in [0.2, 0.25) is 0 Å². The van der Waals surface area contributed by atoms with Crippen LogP contribution in [0.15, 0.2) is 58.6 Å². The number of imidazole rings is 1. The number of aromatic amines is 1. The molecule has 0 saturated carbocycles. The molecular weight excluding hydrogens is 390 g/mol. The van der Waals surface area contributed by atoms with E-state index in [4.69, 9.17) is 4.42 Å². The Hall–Kier alpha value is -3.78. The summed E-state index contributed by atoms with van der Waals surface area (Å²) < 4.78 is 7.18. The molecule has 0 aliphatic heterocycles. The zero-order valence-electron chi connectivity index (χ0n) is 15.2. The number of benzene rings is 1. The van der Waals surface area contributed by atoms with Crippen LogP contribution in [0.1, 0.15) is 21.0 Å². The van der Waals surface area contributed by atoms with Gasteiger partial charge in [-0.1, -0.05) is 6.07 Å². The lowest BCUT2D eigenvalue weighted by molar-refractivity contribution is 0.104. The van der Waals surface area contributed by atoms with Crippen LogP contribution in [0, 0.1) is 6.92 Å². The predicted molar refractivity (Wildman–Crippen MR) is 109 cm³/mol. The number of furan rings is 1. The highest BCUT2D eigenvalue weighted by atomic mass is 32.1. The van der Waals surface area contributed by atoms with Gasteiger partial charge < -0.3 is 19.6 Å². The number of hydrogen-bond donors (Lipinski definition) is 3. The SMILES string of the molecule is Cc1ccc(-c2c(C(=O)c3cccs3)c(O)c(O)n2-c2ccc3nc[nH]c3c2)o1. The summed E-state index contributed by atoms with van der Waals surface area (Å²) >= 11 is 1.26. The number of nitrogens with one attached hydrogen (secondary N) is 1. The highest BCUT2D eigenvalue weighted by Gasteiger charge is 2.31. The van der Waals surface area contributed by atoms with Crippen molar-refractivity contribution in [1.29, 1.82) is 0 Å². The Morgan fingerprint density at radius 3 is 2.79 bits per heavy atom. The standard InChI is InChI=1S/C21H15N3O4S/c1-11-4-7-15(28-11)18-17(19(25)16-3-2-8-29-16)20(26)21(27)24(18)12-5-6-13-14(9-12)23-10-22-13/h2-10,26-27H,1H3,(H,22,23). The molecule has 7 nitrogen and oxygen atoms in total. The second-order valence-corrected chi connectivity index (χ2v) is 7.50. The van der Waals surface area contributed by atoms with E-state index in [9.17, 15) is 15.0 Å². The fraction of sp³-hybridized carbons (Fsp3) is 0.0476. The minimum absolute atomic E-state index is 0.0102. The third-order valence-electron chi connectivity index (χ3n) is 4.73. The molecule has 0 unspecified atom stereocenters. The number of aryl methyl sites for hydroxylation is 1. The van der Waals surface area contributed by atoms with Crippen LogP contribution >= 0.6 is 11.3 Å². The Labute approximate surface area is 168 Å². The van der Waals surface area contributed by atoms with E-state index < -0.39 is 17.4 Å². The predicted octanol–water partition coefficient (Wildman–Crippen LogP) is 4.63. The van der Waals surface area contributed by atoms with Crippen molar-refractivity contribution in [3.8, 4) is 28.8 Å². The number of ketones is 1. The first-order chi connectivity index (χ1) is 14.0. The second-order valence-electron chi connectivity index (χ2n) is 6.55. The van der Waals surface area contributed by atoms with Gasteiger partial charge in [-0.15, -0.1) is 11.3 Å². The summed E-state index contributed by atoms with van der Waals surface area (Å²) in [4.78, 5) is 20.8. The van der Waals surface area contributed by atoms with Gasteiger partial charge in [-0.25, -0.2) is 4.98 Å². The molecule has 4 aromatic heterocycles. The number of aromatic hydroxyl groups is 2. The number of fused-ring (bicyclic) bond motifs is 1. The molecule has 1 aromatic carbocycles. The molecule has 0 aliphatic rings. The number of hydrogen-bond acceptors (Lipinski definition) is 6. The van der Waals surface area contributed by atoms with E-state index in [2.05, 4.69) is 9.97 Å². The summed E-state index contributed by atoms with van der Waals surface area (Å²) in [7, 11) is 0. The summed E-state index contributed by atoms with van der Waals surface area (Å²) in [5.41, 5.74) is 2.33. The van der Waals surface area contributed by atoms with E-state index in [0.717, 1.165) is 11.0 Å². The van der Waals surface area contributed by atoms with Gasteiger partial charge >= 0.3 is 0 Å². The Balaban J connectivity index is 1.82. The first-order valence-corrected chi connectivity index (χ1v) is 9.67. The molecule has 144 valence electrons. The number of H-pyrrole nitrogens is 1. The zero-order valence-corrected chi connectivity index (χ0v) is 16.0. The van der Waals surface area contributed by atoms with Gasteiger partial charge in [0, 0.05) is 0 Å². The van der Waals surface area contributed by atoms with Gasteiger partial charge in [-0.2, -0.15) is 0 Å². The maximum absolute atomic E-state index is 13.2. The van der Waals surface area contributed by atoms with Gasteiger partial charge in [-0.3, -0.25) is 9.36 Å². The van der Waals surface area contributed by atoms with Crippen molar-refractivity contribution >= 4 is 28.2 Å². The molecule has 0 radical (unpaired) electrons. The highest BCUT2D eigenvalue weighted by Crippen LogP contribution is 2.44. The largest absolute Gasteiger partial charge is 0.503 e. The van der Waals surface area contributed by atoms with Crippen LogP contribution in [0.3, 0.4) is 0 Å². The molecule has 0 bridgehead atoms. The van der Waals surface area contributed by atoms with Crippen molar-refractivity contribution in [3.63, 3.8) is 0 Å². The van der Waals surface area contributed by atoms with Crippen molar-refractivity contribution in [2.24, 2.45) is 0 Å². The van der Waals surface area contributed by atoms with E-state index in [-0.39, 0.29) is 11.3 Å². The lowest BCUT2D eigenvalue weighted by Gasteiger charge is -2.10. The molecule has 4 heterocycles. The van der Waals surface area contributed by atoms with Crippen LogP contribution < -0.4 is 0 Å². The molecule has 0 fully saturated rings. The number of carbonyl (C=O) groups excluding carboxylic acids is 1. The third kappa shape index (κ3) is 2.65. The highest BCUT2D eigenvalue weighted by molar-refractivity contribution is 7.12. The molecule has 0 atom stereocenters. The normalized spacial score (nSPS) is 11.3. The minimum atomic E-state index is -0.489. The van der Waals surface area contributed by atoms with E-state index in [1.165, 1.54) is 15.9 Å². The van der Waals surface area contributed by atoms with Crippen molar-refractivity contribution < 1.29 is 19.4 Å². The molecular formula is C21H15N3O4S. The van der Waals surface area contributed by atoms with E-state index in [0.29, 0.717) is 22.1 Å². The second kappa shape index (κ2) is 6.39. The van der Waals surface area contributed by atoms with Crippen molar-refractivity contribution in [2.45, 2.75) is 6.92 Å². The van der Waals surface area contributed by atoms with E-state index in [1.54, 1.807) is 61.1 Å². The Kier molecular flexibility index (Phi) is 3.82. The summed E-state index contributed by atoms with van der Waals surface area (Å²) in [5.74, 6) is -0.309. The zero-order chi connectivity index (χ0) is 20.1. The van der Waals surface area contributed by atoms with Gasteiger partial charge in [0.05, 0.1) is 33.5 Å². The first kappa shape index (κ1) is 17.3. The molecule has 5 rings (SSSR count). The molecule has 3 N–H and O–H groups in total. The number of rotatable bonds is 4. The molecule has 0 spiro atoms. The van der Waals surface area contributed by atoms with Gasteiger partial charge in [0.2, 0.25) is 11.7 Å². The summed E-state index contributed by atoms with van der Waals surface area (Å²) in [5, 5.41) is 23.3. The third-order valence-corrected chi connectivity index (χ3v) is 5.60. The molecule has 8 heteroatoms. The van der Waals surface area contributed by atoms with Gasteiger partial charge in [0.1, 0.15) is 11.5 Å². The topological polar surface area (TPSA) is 104 Å². The van der Waals surface area contributed by atoms with Gasteiger partial charge in [-0.05, 0) is 48.7 Å². The van der Waals surface area contributed by atoms with Gasteiger partial charge in [0.15, 0.2) is 11.5 Å². The monoisotopic (exact) mass is 405 g/mol. The number of aromatic nitrogens is 3. The summed E-state index contributed by atoms with van der Waals surface area (Å²) in [6.07, 6.45) is 1.57. The van der Waals surface area contributed by atoms with Crippen molar-refractivity contribution in [3.05, 3.63) is 70.4 Å². The average molecular weight is 405 g/mol. The van der Waals surface area contributed by atoms with E-state index >= 15 is 0 Å². The summed E-state index contributed by atoms with van der Waals surface area (Å²) in [6, 6.07) is 12.2. The van der Waals surface area contributed by atoms with Crippen molar-refractivity contribution in [1.82, 2.24) is 14.5 Å². The Bertz CT molecular complexity index is 1360. The number of thiophene rings is 1. The lowest BCUT2D eigenvalue weighted by atomic mass is 10.1. The molecule has 29 heavy (non-hydrogen) atoms. The lowest BCUT2D eigenvalue weighted by Crippen LogP contribution is -2.03. The Morgan fingerprint density at radius 2 is 2.07 bits per heavy atom.